The first kappa shape index (κ1) is 30.2. The Labute approximate surface area is 273 Å². The van der Waals surface area contributed by atoms with E-state index in [0.717, 1.165) is 0 Å². The van der Waals surface area contributed by atoms with Crippen molar-refractivity contribution >= 4 is 49.7 Å². The summed E-state index contributed by atoms with van der Waals surface area (Å²) in [5.74, 6) is -1.03. The van der Waals surface area contributed by atoms with Gasteiger partial charge < -0.3 is 15.3 Å². The van der Waals surface area contributed by atoms with Gasteiger partial charge in [-0.3, -0.25) is 14.4 Å². The van der Waals surface area contributed by atoms with Gasteiger partial charge in [-0.05, 0) is 89.5 Å². The highest BCUT2D eigenvalue weighted by atomic mass is 16.3. The van der Waals surface area contributed by atoms with E-state index in [2.05, 4.69) is 0 Å². The number of hydrogen-bond acceptors (Lipinski definition) is 9. The lowest BCUT2D eigenvalue weighted by Crippen LogP contribution is -2.03. The molecule has 7 rings (SSSR count). The van der Waals surface area contributed by atoms with Crippen LogP contribution in [0.2, 0.25) is 0 Å². The summed E-state index contributed by atoms with van der Waals surface area (Å²) in [6, 6.07) is 24.7. The number of phenols is 3. The monoisotopic (exact) mass is 633 g/mol. The standard InChI is InChI=1S/C39H27N3O6/c1-19(43)22-7-4-10-28-25(22)13-16-31(46)34(28)37-40-38(35-29-11-5-8-23(20(2)44)26(29)14-17-32(35)47)42-39(41-37)36-30-12-6-9-24(21(3)45)27(30)15-18-33(36)48/h4-18,46-48H,1-3H3. The summed E-state index contributed by atoms with van der Waals surface area (Å²) in [4.78, 5) is 51.9. The molecule has 9 heteroatoms. The number of nitrogens with zero attached hydrogens (tertiary/aromatic N) is 3. The highest BCUT2D eigenvalue weighted by Crippen LogP contribution is 2.43. The van der Waals surface area contributed by atoms with Gasteiger partial charge in [0.1, 0.15) is 17.2 Å². The van der Waals surface area contributed by atoms with E-state index >= 15 is 0 Å². The molecule has 3 N–H and O–H groups in total. The minimum Gasteiger partial charge on any atom is -0.507 e. The number of carbonyl (C=O) groups excluding carboxylic acids is 3. The zero-order chi connectivity index (χ0) is 33.9. The van der Waals surface area contributed by atoms with Gasteiger partial charge >= 0.3 is 0 Å². The summed E-state index contributed by atoms with van der Waals surface area (Å²) in [6.45, 7) is 4.37. The van der Waals surface area contributed by atoms with Gasteiger partial charge in [0.2, 0.25) is 0 Å². The van der Waals surface area contributed by atoms with Crippen LogP contribution in [0.15, 0.2) is 91.0 Å². The van der Waals surface area contributed by atoms with Crippen LogP contribution in [0.5, 0.6) is 17.2 Å². The van der Waals surface area contributed by atoms with Crippen LogP contribution in [0.4, 0.5) is 0 Å². The van der Waals surface area contributed by atoms with E-state index in [1.807, 2.05) is 0 Å². The van der Waals surface area contributed by atoms with Crippen LogP contribution in [0.3, 0.4) is 0 Å². The summed E-state index contributed by atoms with van der Waals surface area (Å²) in [5, 5.41) is 37.1. The molecule has 0 unspecified atom stereocenters. The van der Waals surface area contributed by atoms with Gasteiger partial charge in [-0.2, -0.15) is 0 Å². The van der Waals surface area contributed by atoms with E-state index in [9.17, 15) is 29.7 Å². The molecule has 6 aromatic carbocycles. The molecule has 0 bridgehead atoms. The van der Waals surface area contributed by atoms with E-state index in [0.29, 0.717) is 49.0 Å². The largest absolute Gasteiger partial charge is 0.507 e. The lowest BCUT2D eigenvalue weighted by molar-refractivity contribution is 0.101. The van der Waals surface area contributed by atoms with Gasteiger partial charge in [0.05, 0.1) is 16.7 Å². The predicted octanol–water partition coefficient (Wildman–Crippen LogP) is 8.06. The number of aromatic nitrogens is 3. The Morgan fingerprint density at radius 2 is 0.667 bits per heavy atom. The number of rotatable bonds is 6. The van der Waals surface area contributed by atoms with Gasteiger partial charge in [-0.25, -0.2) is 15.0 Å². The summed E-state index contributed by atoms with van der Waals surface area (Å²) in [5.41, 5.74) is 1.93. The van der Waals surface area contributed by atoms with Gasteiger partial charge in [-0.15, -0.1) is 0 Å². The average Bonchev–Trinajstić information content (AvgIpc) is 3.06. The van der Waals surface area contributed by atoms with Crippen LogP contribution in [0.1, 0.15) is 51.8 Å². The van der Waals surface area contributed by atoms with Gasteiger partial charge in [0, 0.05) is 16.7 Å². The molecule has 0 spiro atoms. The third-order valence-corrected chi connectivity index (χ3v) is 8.56. The predicted molar refractivity (Wildman–Crippen MR) is 184 cm³/mol. The zero-order valence-electron chi connectivity index (χ0n) is 26.1. The van der Waals surface area contributed by atoms with Crippen LogP contribution in [0.25, 0.3) is 66.5 Å². The molecule has 1 aromatic heterocycles. The summed E-state index contributed by atoms with van der Waals surface area (Å²) in [6.07, 6.45) is 0. The molecule has 0 aliphatic rings. The third-order valence-electron chi connectivity index (χ3n) is 8.56. The highest BCUT2D eigenvalue weighted by molar-refractivity contribution is 6.14. The Bertz CT molecular complexity index is 2250. The number of hydrogen-bond donors (Lipinski definition) is 3. The topological polar surface area (TPSA) is 151 Å². The molecule has 0 saturated carbocycles. The second-order valence-corrected chi connectivity index (χ2v) is 11.6. The van der Waals surface area contributed by atoms with Crippen molar-refractivity contribution in [2.75, 3.05) is 0 Å². The molecule has 0 saturated heterocycles. The molecule has 0 amide bonds. The molecule has 0 aliphatic heterocycles. The van der Waals surface area contributed by atoms with Crippen LogP contribution in [-0.4, -0.2) is 47.6 Å². The van der Waals surface area contributed by atoms with E-state index in [4.69, 9.17) is 15.0 Å². The molecule has 0 radical (unpaired) electrons. The fourth-order valence-electron chi connectivity index (χ4n) is 6.38. The second-order valence-electron chi connectivity index (χ2n) is 11.6. The maximum absolute atomic E-state index is 12.5. The van der Waals surface area contributed by atoms with E-state index in [1.54, 1.807) is 72.8 Å². The second kappa shape index (κ2) is 11.4. The molecule has 1 heterocycles. The normalized spacial score (nSPS) is 11.3. The van der Waals surface area contributed by atoms with Gasteiger partial charge in [0.15, 0.2) is 34.8 Å². The SMILES string of the molecule is CC(=O)c1cccc2c(-c3nc(-c4c(O)ccc5c(C(C)=O)cccc45)nc(-c4c(O)ccc5c(C(C)=O)cccc45)n3)c(O)ccc12. The number of carbonyl (C=O) groups is 3. The quantitative estimate of drug-likeness (QED) is 0.155. The fourth-order valence-corrected chi connectivity index (χ4v) is 6.38. The van der Waals surface area contributed by atoms with Crippen LogP contribution < -0.4 is 0 Å². The molecule has 0 aliphatic carbocycles. The molecular weight excluding hydrogens is 606 g/mol. The highest BCUT2D eigenvalue weighted by Gasteiger charge is 2.24. The molecular formula is C39H27N3O6. The van der Waals surface area contributed by atoms with E-state index < -0.39 is 0 Å². The molecule has 0 fully saturated rings. The Kier molecular flexibility index (Phi) is 7.17. The smallest absolute Gasteiger partial charge is 0.168 e. The van der Waals surface area contributed by atoms with Gasteiger partial charge in [0.25, 0.3) is 0 Å². The van der Waals surface area contributed by atoms with Crippen molar-refractivity contribution in [1.29, 1.82) is 0 Å². The lowest BCUT2D eigenvalue weighted by atomic mass is 9.95. The number of phenolic OH excluding ortho intramolecular Hbond substituents is 3. The van der Waals surface area contributed by atoms with Crippen LogP contribution >= 0.6 is 0 Å². The Balaban J connectivity index is 1.63. The van der Waals surface area contributed by atoms with Crippen molar-refractivity contribution < 1.29 is 29.7 Å². The van der Waals surface area contributed by atoms with Crippen molar-refractivity contribution in [3.63, 3.8) is 0 Å². The fraction of sp³-hybridized carbons (Fsp3) is 0.0769. The Morgan fingerprint density at radius 1 is 0.396 bits per heavy atom. The Hall–Kier alpha value is -6.48. The first-order valence-electron chi connectivity index (χ1n) is 15.1. The molecule has 48 heavy (non-hydrogen) atoms. The Morgan fingerprint density at radius 3 is 0.917 bits per heavy atom. The van der Waals surface area contributed by atoms with Crippen LogP contribution in [0, 0.1) is 0 Å². The minimum absolute atomic E-state index is 0.00273. The summed E-state index contributed by atoms with van der Waals surface area (Å²) < 4.78 is 0. The number of aromatic hydroxyl groups is 3. The molecule has 9 nitrogen and oxygen atoms in total. The van der Waals surface area contributed by atoms with Crippen LogP contribution in [-0.2, 0) is 0 Å². The van der Waals surface area contributed by atoms with E-state index in [-0.39, 0.29) is 68.8 Å². The zero-order valence-corrected chi connectivity index (χ0v) is 26.1. The van der Waals surface area contributed by atoms with Crippen molar-refractivity contribution in [2.24, 2.45) is 0 Å². The van der Waals surface area contributed by atoms with Crippen molar-refractivity contribution in [3.8, 4) is 51.4 Å². The number of ketones is 3. The molecule has 7 aromatic rings. The number of fused-ring (bicyclic) bond motifs is 3. The first-order chi connectivity index (χ1) is 23.0. The maximum atomic E-state index is 12.5. The lowest BCUT2D eigenvalue weighted by Gasteiger charge is -2.16. The number of Topliss-reactive ketones (excluding diaryl/α,β-unsaturated/α-hetero) is 3. The van der Waals surface area contributed by atoms with Crippen molar-refractivity contribution in [2.45, 2.75) is 20.8 Å². The molecule has 0 atom stereocenters. The maximum Gasteiger partial charge on any atom is 0.168 e. The average molecular weight is 634 g/mol. The van der Waals surface area contributed by atoms with Gasteiger partial charge in [-0.1, -0.05) is 54.6 Å². The minimum atomic E-state index is -0.173. The summed E-state index contributed by atoms with van der Waals surface area (Å²) in [7, 11) is 0. The molecule has 234 valence electrons. The van der Waals surface area contributed by atoms with Crippen molar-refractivity contribution in [3.05, 3.63) is 108 Å². The number of benzene rings is 6. The van der Waals surface area contributed by atoms with E-state index in [1.165, 1.54) is 39.0 Å². The first-order valence-corrected chi connectivity index (χ1v) is 15.1. The summed E-state index contributed by atoms with van der Waals surface area (Å²) >= 11 is 0. The van der Waals surface area contributed by atoms with Crippen molar-refractivity contribution in [1.82, 2.24) is 15.0 Å². The third kappa shape index (κ3) is 4.80.